The van der Waals surface area contributed by atoms with Gasteiger partial charge in [0.25, 0.3) is 0 Å². The predicted molar refractivity (Wildman–Crippen MR) is 98.5 cm³/mol. The summed E-state index contributed by atoms with van der Waals surface area (Å²) in [6.07, 6.45) is 11.4. The SMILES string of the molecule is C1=CC[C@H](c2cnc(-c3ccccc3)c(-c3ccccc3)n2)C=C1. The van der Waals surface area contributed by atoms with Crippen LogP contribution in [0.4, 0.5) is 0 Å². The third kappa shape index (κ3) is 2.91. The average molecular weight is 310 g/mol. The second kappa shape index (κ2) is 6.63. The Morgan fingerprint density at radius 2 is 1.42 bits per heavy atom. The van der Waals surface area contributed by atoms with E-state index in [1.54, 1.807) is 0 Å². The van der Waals surface area contributed by atoms with Crippen molar-refractivity contribution >= 4 is 0 Å². The van der Waals surface area contributed by atoms with Gasteiger partial charge in [-0.05, 0) is 6.42 Å². The van der Waals surface area contributed by atoms with E-state index in [-0.39, 0.29) is 0 Å². The molecule has 0 saturated carbocycles. The largest absolute Gasteiger partial charge is 0.252 e. The molecule has 1 heterocycles. The van der Waals surface area contributed by atoms with Crippen molar-refractivity contribution in [3.05, 3.63) is 96.9 Å². The van der Waals surface area contributed by atoms with Crippen LogP contribution >= 0.6 is 0 Å². The van der Waals surface area contributed by atoms with Crippen LogP contribution < -0.4 is 0 Å². The summed E-state index contributed by atoms with van der Waals surface area (Å²) in [6, 6.07) is 20.6. The van der Waals surface area contributed by atoms with E-state index >= 15 is 0 Å². The monoisotopic (exact) mass is 310 g/mol. The normalized spacial score (nSPS) is 16.2. The molecule has 0 unspecified atom stereocenters. The molecule has 2 nitrogen and oxygen atoms in total. The highest BCUT2D eigenvalue weighted by Gasteiger charge is 2.16. The Morgan fingerprint density at radius 3 is 2.04 bits per heavy atom. The third-order valence-electron chi connectivity index (χ3n) is 4.25. The van der Waals surface area contributed by atoms with Gasteiger partial charge in [0.2, 0.25) is 0 Å². The van der Waals surface area contributed by atoms with E-state index in [0.29, 0.717) is 5.92 Å². The van der Waals surface area contributed by atoms with Gasteiger partial charge in [-0.3, -0.25) is 4.98 Å². The Hall–Kier alpha value is -3.00. The molecule has 1 aromatic heterocycles. The van der Waals surface area contributed by atoms with Gasteiger partial charge in [-0.15, -0.1) is 0 Å². The van der Waals surface area contributed by atoms with Crippen LogP contribution in [0.1, 0.15) is 18.0 Å². The molecule has 0 bridgehead atoms. The zero-order valence-corrected chi connectivity index (χ0v) is 13.3. The minimum atomic E-state index is 0.301. The summed E-state index contributed by atoms with van der Waals surface area (Å²) < 4.78 is 0. The molecule has 24 heavy (non-hydrogen) atoms. The highest BCUT2D eigenvalue weighted by Crippen LogP contribution is 2.31. The van der Waals surface area contributed by atoms with Gasteiger partial charge >= 0.3 is 0 Å². The first kappa shape index (κ1) is 14.6. The van der Waals surface area contributed by atoms with E-state index in [1.165, 1.54) is 0 Å². The molecule has 1 atom stereocenters. The minimum Gasteiger partial charge on any atom is -0.252 e. The zero-order chi connectivity index (χ0) is 16.2. The van der Waals surface area contributed by atoms with Crippen molar-refractivity contribution in [2.75, 3.05) is 0 Å². The van der Waals surface area contributed by atoms with Gasteiger partial charge in [0.05, 0.1) is 17.1 Å². The standard InChI is InChI=1S/C22H18N2/c1-4-10-17(11-5-1)20-16-23-21(18-12-6-2-7-13-18)22(24-20)19-14-8-3-9-15-19/h1-10,12-17H,11H2/t17-/m1/s1. The number of rotatable bonds is 3. The van der Waals surface area contributed by atoms with Gasteiger partial charge in [-0.25, -0.2) is 4.98 Å². The molecule has 0 amide bonds. The molecule has 2 heteroatoms. The van der Waals surface area contributed by atoms with E-state index in [1.807, 2.05) is 42.6 Å². The Kier molecular flexibility index (Phi) is 4.03. The lowest BCUT2D eigenvalue weighted by Crippen LogP contribution is -2.03. The lowest BCUT2D eigenvalue weighted by atomic mass is 9.96. The van der Waals surface area contributed by atoms with Gasteiger partial charge in [0, 0.05) is 23.2 Å². The molecule has 0 aliphatic heterocycles. The van der Waals surface area contributed by atoms with Crippen molar-refractivity contribution in [3.63, 3.8) is 0 Å². The fourth-order valence-corrected chi connectivity index (χ4v) is 2.99. The van der Waals surface area contributed by atoms with E-state index in [9.17, 15) is 0 Å². The molecular weight excluding hydrogens is 292 g/mol. The van der Waals surface area contributed by atoms with Crippen molar-refractivity contribution < 1.29 is 0 Å². The lowest BCUT2D eigenvalue weighted by molar-refractivity contribution is 0.809. The van der Waals surface area contributed by atoms with Crippen LogP contribution in [0.25, 0.3) is 22.5 Å². The van der Waals surface area contributed by atoms with Gasteiger partial charge in [0.15, 0.2) is 0 Å². The summed E-state index contributed by atoms with van der Waals surface area (Å²) in [6.45, 7) is 0. The van der Waals surface area contributed by atoms with Crippen molar-refractivity contribution in [1.29, 1.82) is 0 Å². The molecular formula is C22H18N2. The molecule has 1 aliphatic carbocycles. The number of hydrogen-bond donors (Lipinski definition) is 0. The molecule has 3 aromatic rings. The van der Waals surface area contributed by atoms with Crippen LogP contribution in [0.5, 0.6) is 0 Å². The molecule has 0 saturated heterocycles. The maximum Gasteiger partial charge on any atom is 0.0968 e. The van der Waals surface area contributed by atoms with E-state index < -0.39 is 0 Å². The molecule has 0 spiro atoms. The van der Waals surface area contributed by atoms with Crippen LogP contribution in [0.15, 0.2) is 91.2 Å². The molecule has 116 valence electrons. The summed E-state index contributed by atoms with van der Waals surface area (Å²) in [5, 5.41) is 0. The Bertz CT molecular complexity index is 880. The maximum atomic E-state index is 5.00. The third-order valence-corrected chi connectivity index (χ3v) is 4.25. The van der Waals surface area contributed by atoms with E-state index in [2.05, 4.69) is 48.6 Å². The highest BCUT2D eigenvalue weighted by atomic mass is 14.8. The predicted octanol–water partition coefficient (Wildman–Crippen LogP) is 5.41. The molecule has 0 fully saturated rings. The first-order chi connectivity index (χ1) is 11.9. The van der Waals surface area contributed by atoms with Crippen LogP contribution in [0.2, 0.25) is 0 Å². The summed E-state index contributed by atoms with van der Waals surface area (Å²) in [5.74, 6) is 0.301. The lowest BCUT2D eigenvalue weighted by Gasteiger charge is -2.15. The molecule has 1 aliphatic rings. The van der Waals surface area contributed by atoms with E-state index in [0.717, 1.165) is 34.6 Å². The Morgan fingerprint density at radius 1 is 0.750 bits per heavy atom. The molecule has 2 aromatic carbocycles. The number of allylic oxidation sites excluding steroid dienone is 4. The second-order valence-electron chi connectivity index (χ2n) is 5.88. The Balaban J connectivity index is 1.85. The second-order valence-corrected chi connectivity index (χ2v) is 5.88. The first-order valence-electron chi connectivity index (χ1n) is 8.23. The number of hydrogen-bond acceptors (Lipinski definition) is 2. The quantitative estimate of drug-likeness (QED) is 0.646. The maximum absolute atomic E-state index is 5.00. The summed E-state index contributed by atoms with van der Waals surface area (Å²) in [7, 11) is 0. The van der Waals surface area contributed by atoms with Gasteiger partial charge < -0.3 is 0 Å². The average Bonchev–Trinajstić information content (AvgIpc) is 2.69. The summed E-state index contributed by atoms with van der Waals surface area (Å²) in [4.78, 5) is 9.78. The smallest absolute Gasteiger partial charge is 0.0968 e. The fraction of sp³-hybridized carbons (Fsp3) is 0.0909. The minimum absolute atomic E-state index is 0.301. The van der Waals surface area contributed by atoms with Crippen LogP contribution in [0, 0.1) is 0 Å². The van der Waals surface area contributed by atoms with Crippen molar-refractivity contribution in [1.82, 2.24) is 9.97 Å². The molecule has 0 N–H and O–H groups in total. The summed E-state index contributed by atoms with van der Waals surface area (Å²) in [5.41, 5.74) is 5.09. The number of nitrogens with zero attached hydrogens (tertiary/aromatic N) is 2. The summed E-state index contributed by atoms with van der Waals surface area (Å²) >= 11 is 0. The van der Waals surface area contributed by atoms with Gasteiger partial charge in [-0.2, -0.15) is 0 Å². The molecule has 0 radical (unpaired) electrons. The van der Waals surface area contributed by atoms with Crippen molar-refractivity contribution in [3.8, 4) is 22.5 Å². The van der Waals surface area contributed by atoms with Gasteiger partial charge in [0.1, 0.15) is 0 Å². The van der Waals surface area contributed by atoms with Crippen LogP contribution in [-0.4, -0.2) is 9.97 Å². The topological polar surface area (TPSA) is 25.8 Å². The van der Waals surface area contributed by atoms with Crippen LogP contribution in [-0.2, 0) is 0 Å². The molecule has 4 rings (SSSR count). The number of benzene rings is 2. The van der Waals surface area contributed by atoms with E-state index in [4.69, 9.17) is 9.97 Å². The van der Waals surface area contributed by atoms with Crippen molar-refractivity contribution in [2.24, 2.45) is 0 Å². The first-order valence-corrected chi connectivity index (χ1v) is 8.23. The number of aromatic nitrogens is 2. The Labute approximate surface area is 142 Å². The zero-order valence-electron chi connectivity index (χ0n) is 13.3. The van der Waals surface area contributed by atoms with Gasteiger partial charge in [-0.1, -0.05) is 85.0 Å². The highest BCUT2D eigenvalue weighted by molar-refractivity contribution is 5.77. The van der Waals surface area contributed by atoms with Crippen molar-refractivity contribution in [2.45, 2.75) is 12.3 Å². The fourth-order valence-electron chi connectivity index (χ4n) is 2.99. The van der Waals surface area contributed by atoms with Crippen LogP contribution in [0.3, 0.4) is 0 Å².